The highest BCUT2D eigenvalue weighted by Crippen LogP contribution is 2.45. The van der Waals surface area contributed by atoms with Crippen LogP contribution in [0.1, 0.15) is 103 Å². The van der Waals surface area contributed by atoms with E-state index in [0.717, 1.165) is 70.9 Å². The monoisotopic (exact) mass is 701 g/mol. The number of esters is 1. The Bertz CT molecular complexity index is 1790. The summed E-state index contributed by atoms with van der Waals surface area (Å²) in [7, 11) is 3.77. The Hall–Kier alpha value is -4.37. The van der Waals surface area contributed by atoms with Crippen molar-refractivity contribution < 1.29 is 23.1 Å². The summed E-state index contributed by atoms with van der Waals surface area (Å²) in [6.07, 6.45) is 10.4. The van der Waals surface area contributed by atoms with Crippen LogP contribution in [0, 0.1) is 25.5 Å². The van der Waals surface area contributed by atoms with E-state index in [1.54, 1.807) is 13.0 Å². The molecule has 1 N–H and O–H groups in total. The molecule has 7 nitrogen and oxygen atoms in total. The van der Waals surface area contributed by atoms with Crippen molar-refractivity contribution in [1.82, 2.24) is 14.8 Å². The lowest BCUT2D eigenvalue weighted by Crippen LogP contribution is -2.40. The molecule has 51 heavy (non-hydrogen) atoms. The summed E-state index contributed by atoms with van der Waals surface area (Å²) >= 11 is 0. The zero-order valence-electron chi connectivity index (χ0n) is 30.8. The summed E-state index contributed by atoms with van der Waals surface area (Å²) in [6.45, 7) is 14.1. The molecule has 0 radical (unpaired) electrons. The predicted octanol–water partition coefficient (Wildman–Crippen LogP) is 8.22. The zero-order valence-corrected chi connectivity index (χ0v) is 30.8. The van der Waals surface area contributed by atoms with Crippen LogP contribution < -0.4 is 10.9 Å². The quantitative estimate of drug-likeness (QED) is 0.0775. The van der Waals surface area contributed by atoms with Gasteiger partial charge in [-0.2, -0.15) is 0 Å². The van der Waals surface area contributed by atoms with Gasteiger partial charge in [-0.05, 0) is 144 Å². The normalized spacial score (nSPS) is 13.9. The standard InChI is InChI=1S/C42H53F2N3O4/c1-8-11-12-13-15-31-21-27(4)20-28(5)39(31)32-23-33(30-16-17-30)40(44)34(24-32)36(25-38(48)51-10-3)45-41(49)37(14-9-2)47-26-29(18-19-46(6)7)22-35(43)42(47)50/h8-9,20-24,26,30,36-37H,1-2,10-19,25H2,3-7H3,(H,45,49)/t36-,37-/m0/s1. The van der Waals surface area contributed by atoms with Gasteiger partial charge in [0, 0.05) is 18.3 Å². The molecule has 2 aromatic carbocycles. The number of nitrogens with zero attached hydrogens (tertiary/aromatic N) is 2. The van der Waals surface area contributed by atoms with E-state index >= 15 is 4.39 Å². The molecule has 3 aromatic rings. The number of carbonyl (C=O) groups excluding carboxylic acids is 2. The maximum absolute atomic E-state index is 16.7. The van der Waals surface area contributed by atoms with Crippen molar-refractivity contribution in [3.05, 3.63) is 117 Å². The number of pyridine rings is 1. The minimum atomic E-state index is -1.19. The molecule has 0 spiro atoms. The molecule has 0 bridgehead atoms. The van der Waals surface area contributed by atoms with Gasteiger partial charge in [-0.25, -0.2) is 8.78 Å². The Morgan fingerprint density at radius 3 is 2.45 bits per heavy atom. The fourth-order valence-electron chi connectivity index (χ4n) is 6.77. The first-order chi connectivity index (χ1) is 24.4. The van der Waals surface area contributed by atoms with E-state index in [0.29, 0.717) is 24.1 Å². The van der Waals surface area contributed by atoms with E-state index in [4.69, 9.17) is 4.74 Å². The lowest BCUT2D eigenvalue weighted by Gasteiger charge is -2.26. The molecule has 1 fully saturated rings. The van der Waals surface area contributed by atoms with Crippen LogP contribution in [-0.4, -0.2) is 48.6 Å². The molecule has 2 atom stereocenters. The van der Waals surface area contributed by atoms with Crippen LogP contribution in [0.2, 0.25) is 0 Å². The summed E-state index contributed by atoms with van der Waals surface area (Å²) in [4.78, 5) is 42.3. The van der Waals surface area contributed by atoms with Crippen LogP contribution in [0.5, 0.6) is 0 Å². The molecule has 1 amide bonds. The number of rotatable bonds is 19. The number of ether oxygens (including phenoxy) is 1. The number of amides is 1. The van der Waals surface area contributed by atoms with Gasteiger partial charge in [-0.15, -0.1) is 13.2 Å². The van der Waals surface area contributed by atoms with Crippen LogP contribution in [0.3, 0.4) is 0 Å². The van der Waals surface area contributed by atoms with E-state index in [1.165, 1.54) is 18.3 Å². The fraction of sp³-hybridized carbons (Fsp3) is 0.452. The Kier molecular flexibility index (Phi) is 14.1. The van der Waals surface area contributed by atoms with E-state index in [2.05, 4.69) is 44.5 Å². The van der Waals surface area contributed by atoms with Crippen molar-refractivity contribution in [1.29, 1.82) is 0 Å². The number of carbonyl (C=O) groups is 2. The number of unbranched alkanes of at least 4 members (excludes halogenated alkanes) is 2. The number of hydrogen-bond acceptors (Lipinski definition) is 5. The van der Waals surface area contributed by atoms with E-state index in [9.17, 15) is 18.8 Å². The zero-order chi connectivity index (χ0) is 37.2. The Morgan fingerprint density at radius 2 is 1.80 bits per heavy atom. The molecule has 274 valence electrons. The first kappa shape index (κ1) is 39.4. The molecule has 4 rings (SSSR count). The average Bonchev–Trinajstić information content (AvgIpc) is 3.92. The van der Waals surface area contributed by atoms with Crippen molar-refractivity contribution in [2.75, 3.05) is 27.2 Å². The van der Waals surface area contributed by atoms with Crippen molar-refractivity contribution in [3.8, 4) is 11.1 Å². The SMILES string of the molecule is C=CCCCCc1cc(C)cc(C)c1-c1cc(C2CC2)c(F)c([C@H](CC(=O)OCC)NC(=O)[C@H](CC=C)n2cc(CCN(C)C)cc(F)c2=O)c1. The van der Waals surface area contributed by atoms with Gasteiger partial charge in [0.25, 0.3) is 5.56 Å². The number of nitrogens with one attached hydrogen (secondary N) is 1. The topological polar surface area (TPSA) is 80.6 Å². The van der Waals surface area contributed by atoms with Crippen LogP contribution in [0.25, 0.3) is 11.1 Å². The second kappa shape index (κ2) is 18.2. The predicted molar refractivity (Wildman–Crippen MR) is 200 cm³/mol. The molecule has 1 heterocycles. The second-order valence-corrected chi connectivity index (χ2v) is 14.0. The van der Waals surface area contributed by atoms with Gasteiger partial charge >= 0.3 is 5.97 Å². The van der Waals surface area contributed by atoms with Gasteiger partial charge in [0.2, 0.25) is 5.91 Å². The minimum absolute atomic E-state index is 0.00204. The van der Waals surface area contributed by atoms with Crippen molar-refractivity contribution in [2.45, 2.75) is 96.6 Å². The van der Waals surface area contributed by atoms with E-state index in [1.807, 2.05) is 31.1 Å². The number of aromatic nitrogens is 1. The summed E-state index contributed by atoms with van der Waals surface area (Å²) in [5.41, 5.74) is 5.51. The maximum Gasteiger partial charge on any atom is 0.308 e. The highest BCUT2D eigenvalue weighted by atomic mass is 19.1. The van der Waals surface area contributed by atoms with Crippen molar-refractivity contribution >= 4 is 11.9 Å². The van der Waals surface area contributed by atoms with Gasteiger partial charge in [0.1, 0.15) is 11.9 Å². The lowest BCUT2D eigenvalue weighted by atomic mass is 9.86. The molecule has 0 saturated heterocycles. The first-order valence-corrected chi connectivity index (χ1v) is 18.0. The average molecular weight is 702 g/mol. The van der Waals surface area contributed by atoms with Crippen LogP contribution in [0.15, 0.2) is 66.6 Å². The largest absolute Gasteiger partial charge is 0.466 e. The highest BCUT2D eigenvalue weighted by Gasteiger charge is 2.33. The number of allylic oxidation sites excluding steroid dienone is 2. The highest BCUT2D eigenvalue weighted by molar-refractivity contribution is 5.82. The van der Waals surface area contributed by atoms with Gasteiger partial charge in [0.15, 0.2) is 5.82 Å². The molecule has 1 aliphatic carbocycles. The Morgan fingerprint density at radius 1 is 1.06 bits per heavy atom. The Labute approximate surface area is 301 Å². The third-order valence-electron chi connectivity index (χ3n) is 9.40. The molecule has 9 heteroatoms. The first-order valence-electron chi connectivity index (χ1n) is 18.0. The molecular formula is C42H53F2N3O4. The number of halogens is 2. The fourth-order valence-corrected chi connectivity index (χ4v) is 6.77. The summed E-state index contributed by atoms with van der Waals surface area (Å²) in [6, 6.07) is 6.83. The van der Waals surface area contributed by atoms with Gasteiger partial charge in [0.05, 0.1) is 19.1 Å². The number of aryl methyl sites for hydroxylation is 3. The van der Waals surface area contributed by atoms with Crippen LogP contribution >= 0.6 is 0 Å². The summed E-state index contributed by atoms with van der Waals surface area (Å²) in [5.74, 6) is -2.68. The molecule has 1 aliphatic rings. The number of benzene rings is 2. The van der Waals surface area contributed by atoms with E-state index in [-0.39, 0.29) is 30.9 Å². The minimum Gasteiger partial charge on any atom is -0.466 e. The van der Waals surface area contributed by atoms with E-state index < -0.39 is 41.2 Å². The second-order valence-electron chi connectivity index (χ2n) is 14.0. The number of hydrogen-bond donors (Lipinski definition) is 1. The smallest absolute Gasteiger partial charge is 0.308 e. The third kappa shape index (κ3) is 10.3. The molecule has 1 saturated carbocycles. The lowest BCUT2D eigenvalue weighted by molar-refractivity contribution is -0.144. The Balaban J connectivity index is 1.83. The number of likely N-dealkylation sites (N-methyl/N-ethyl adjacent to an activating group) is 1. The van der Waals surface area contributed by atoms with Crippen molar-refractivity contribution in [3.63, 3.8) is 0 Å². The van der Waals surface area contributed by atoms with Crippen LogP contribution in [0.4, 0.5) is 8.78 Å². The van der Waals surface area contributed by atoms with Gasteiger partial charge in [-0.1, -0.05) is 29.8 Å². The van der Waals surface area contributed by atoms with Crippen LogP contribution in [-0.2, 0) is 27.2 Å². The molecule has 0 aliphatic heterocycles. The summed E-state index contributed by atoms with van der Waals surface area (Å²) in [5, 5.41) is 2.89. The maximum atomic E-state index is 16.7. The van der Waals surface area contributed by atoms with Crippen molar-refractivity contribution in [2.24, 2.45) is 0 Å². The summed E-state index contributed by atoms with van der Waals surface area (Å²) < 4.78 is 38.0. The van der Waals surface area contributed by atoms with Gasteiger partial charge in [-0.3, -0.25) is 19.0 Å². The molecule has 0 unspecified atom stereocenters. The molecular weight excluding hydrogens is 648 g/mol. The van der Waals surface area contributed by atoms with Gasteiger partial charge < -0.3 is 15.0 Å². The molecule has 1 aromatic heterocycles. The third-order valence-corrected chi connectivity index (χ3v) is 9.40.